The van der Waals surface area contributed by atoms with Crippen LogP contribution in [0.2, 0.25) is 0 Å². The Morgan fingerprint density at radius 2 is 2.12 bits per heavy atom. The van der Waals surface area contributed by atoms with Gasteiger partial charge >= 0.3 is 0 Å². The van der Waals surface area contributed by atoms with Crippen LogP contribution in [0.3, 0.4) is 0 Å². The number of ether oxygens (including phenoxy) is 1. The first kappa shape index (κ1) is 12.5. The summed E-state index contributed by atoms with van der Waals surface area (Å²) in [6, 6.07) is 7.07. The van der Waals surface area contributed by atoms with Crippen molar-refractivity contribution < 1.29 is 14.6 Å². The molecule has 0 saturated heterocycles. The smallest absolute Gasteiger partial charge is 0.258 e. The molecule has 16 heavy (non-hydrogen) atoms. The third kappa shape index (κ3) is 2.97. The van der Waals surface area contributed by atoms with Gasteiger partial charge in [-0.15, -0.1) is 0 Å². The average Bonchev–Trinajstić information content (AvgIpc) is 2.25. The van der Waals surface area contributed by atoms with Crippen LogP contribution in [0.5, 0.6) is 5.75 Å². The van der Waals surface area contributed by atoms with Crippen LogP contribution in [-0.4, -0.2) is 17.1 Å². The number of carbonyl (C=O) groups excluding carboxylic acids is 1. The Hall–Kier alpha value is -1.55. The first-order valence-corrected chi connectivity index (χ1v) is 5.29. The normalized spacial score (nSPS) is 14.2. The summed E-state index contributed by atoms with van der Waals surface area (Å²) < 4.78 is 5.48. The molecule has 4 heteroatoms. The predicted molar refractivity (Wildman–Crippen MR) is 61.0 cm³/mol. The number of hydrogen-bond acceptors (Lipinski definition) is 3. The van der Waals surface area contributed by atoms with E-state index in [1.54, 1.807) is 31.2 Å². The predicted octanol–water partition coefficient (Wildman–Crippen LogP) is 1.38. The van der Waals surface area contributed by atoms with Crippen LogP contribution in [0.1, 0.15) is 31.9 Å². The van der Waals surface area contributed by atoms with Crippen molar-refractivity contribution in [2.24, 2.45) is 5.73 Å². The van der Waals surface area contributed by atoms with E-state index in [0.717, 1.165) is 0 Å². The summed E-state index contributed by atoms with van der Waals surface area (Å²) in [5.41, 5.74) is 5.85. The molecule has 0 spiro atoms. The highest BCUT2D eigenvalue weighted by Crippen LogP contribution is 2.25. The monoisotopic (exact) mass is 223 g/mol. The van der Waals surface area contributed by atoms with Gasteiger partial charge in [-0.3, -0.25) is 4.79 Å². The van der Waals surface area contributed by atoms with Crippen molar-refractivity contribution in [3.05, 3.63) is 29.8 Å². The molecule has 2 atom stereocenters. The van der Waals surface area contributed by atoms with Crippen molar-refractivity contribution in [3.63, 3.8) is 0 Å². The fourth-order valence-electron chi connectivity index (χ4n) is 1.43. The minimum atomic E-state index is -0.653. The quantitative estimate of drug-likeness (QED) is 0.792. The zero-order valence-electron chi connectivity index (χ0n) is 9.51. The van der Waals surface area contributed by atoms with E-state index in [2.05, 4.69) is 0 Å². The standard InChI is InChI=1S/C12H17NO3/c1-3-10(12(13)15)16-11-7-5-4-6-9(11)8(2)14/h4-8,10,14H,3H2,1-2H3,(H2,13,15). The van der Waals surface area contributed by atoms with Crippen molar-refractivity contribution in [2.75, 3.05) is 0 Å². The van der Waals surface area contributed by atoms with E-state index in [-0.39, 0.29) is 0 Å². The molecule has 3 N–H and O–H groups in total. The van der Waals surface area contributed by atoms with E-state index in [0.29, 0.717) is 17.7 Å². The van der Waals surface area contributed by atoms with Crippen molar-refractivity contribution in [2.45, 2.75) is 32.5 Å². The van der Waals surface area contributed by atoms with Gasteiger partial charge in [-0.2, -0.15) is 0 Å². The summed E-state index contributed by atoms with van der Waals surface area (Å²) in [4.78, 5) is 11.1. The highest BCUT2D eigenvalue weighted by Gasteiger charge is 2.17. The Labute approximate surface area is 95.0 Å². The molecule has 0 aromatic heterocycles. The molecule has 1 amide bonds. The lowest BCUT2D eigenvalue weighted by Gasteiger charge is -2.18. The summed E-state index contributed by atoms with van der Waals surface area (Å²) in [6.07, 6.45) is -0.787. The van der Waals surface area contributed by atoms with E-state index in [9.17, 15) is 9.90 Å². The Balaban J connectivity index is 2.91. The minimum Gasteiger partial charge on any atom is -0.480 e. The van der Waals surface area contributed by atoms with Gasteiger partial charge in [0.25, 0.3) is 5.91 Å². The Kier molecular flexibility index (Phi) is 4.31. The number of nitrogens with two attached hydrogens (primary N) is 1. The van der Waals surface area contributed by atoms with Gasteiger partial charge in [0.1, 0.15) is 5.75 Å². The van der Waals surface area contributed by atoms with Gasteiger partial charge in [0, 0.05) is 5.56 Å². The molecule has 0 fully saturated rings. The fraction of sp³-hybridized carbons (Fsp3) is 0.417. The molecule has 0 bridgehead atoms. The number of para-hydroxylation sites is 1. The zero-order valence-corrected chi connectivity index (χ0v) is 9.51. The number of primary amides is 1. The molecule has 0 saturated carbocycles. The van der Waals surface area contributed by atoms with Crippen molar-refractivity contribution in [3.8, 4) is 5.75 Å². The first-order valence-electron chi connectivity index (χ1n) is 5.29. The van der Waals surface area contributed by atoms with Gasteiger partial charge in [-0.25, -0.2) is 0 Å². The number of carbonyl (C=O) groups is 1. The lowest BCUT2D eigenvalue weighted by atomic mass is 10.1. The second-order valence-corrected chi connectivity index (χ2v) is 3.63. The number of benzene rings is 1. The Morgan fingerprint density at radius 3 is 2.62 bits per heavy atom. The van der Waals surface area contributed by atoms with Gasteiger partial charge in [-0.1, -0.05) is 25.1 Å². The zero-order chi connectivity index (χ0) is 12.1. The molecule has 4 nitrogen and oxygen atoms in total. The van der Waals surface area contributed by atoms with E-state index in [4.69, 9.17) is 10.5 Å². The van der Waals surface area contributed by atoms with Gasteiger partial charge in [0.15, 0.2) is 6.10 Å². The number of hydrogen-bond donors (Lipinski definition) is 2. The molecule has 0 radical (unpaired) electrons. The fourth-order valence-corrected chi connectivity index (χ4v) is 1.43. The minimum absolute atomic E-state index is 0.497. The second kappa shape index (κ2) is 5.51. The van der Waals surface area contributed by atoms with E-state index in [1.807, 2.05) is 6.92 Å². The highest BCUT2D eigenvalue weighted by atomic mass is 16.5. The van der Waals surface area contributed by atoms with E-state index in [1.165, 1.54) is 0 Å². The molecular weight excluding hydrogens is 206 g/mol. The Bertz CT molecular complexity index is 363. The van der Waals surface area contributed by atoms with E-state index < -0.39 is 18.1 Å². The first-order chi connectivity index (χ1) is 7.56. The maximum atomic E-state index is 11.1. The van der Waals surface area contributed by atoms with Crippen LogP contribution in [0, 0.1) is 0 Å². The van der Waals surface area contributed by atoms with Gasteiger partial charge < -0.3 is 15.6 Å². The molecule has 1 aromatic rings. The van der Waals surface area contributed by atoms with Crippen molar-refractivity contribution in [1.82, 2.24) is 0 Å². The summed E-state index contributed by atoms with van der Waals surface area (Å²) >= 11 is 0. The highest BCUT2D eigenvalue weighted by molar-refractivity contribution is 5.79. The number of aliphatic hydroxyl groups excluding tert-OH is 1. The van der Waals surface area contributed by atoms with Crippen LogP contribution in [0.25, 0.3) is 0 Å². The topological polar surface area (TPSA) is 72.6 Å². The number of aliphatic hydroxyl groups is 1. The molecule has 2 unspecified atom stereocenters. The molecule has 0 aliphatic carbocycles. The molecular formula is C12H17NO3. The molecule has 0 aliphatic heterocycles. The van der Waals surface area contributed by atoms with Gasteiger partial charge in [0.05, 0.1) is 6.10 Å². The third-order valence-electron chi connectivity index (χ3n) is 2.33. The molecule has 0 heterocycles. The molecule has 1 rings (SSSR count). The molecule has 0 aliphatic rings. The number of amides is 1. The number of rotatable bonds is 5. The van der Waals surface area contributed by atoms with Crippen LogP contribution in [-0.2, 0) is 4.79 Å². The summed E-state index contributed by atoms with van der Waals surface area (Å²) in [6.45, 7) is 3.47. The van der Waals surface area contributed by atoms with Crippen LogP contribution >= 0.6 is 0 Å². The summed E-state index contributed by atoms with van der Waals surface area (Å²) in [5.74, 6) is 0.00560. The molecule has 88 valence electrons. The van der Waals surface area contributed by atoms with Crippen LogP contribution in [0.4, 0.5) is 0 Å². The lowest BCUT2D eigenvalue weighted by Crippen LogP contribution is -2.33. The van der Waals surface area contributed by atoms with Gasteiger partial charge in [0.2, 0.25) is 0 Å². The SMILES string of the molecule is CCC(Oc1ccccc1C(C)O)C(N)=O. The largest absolute Gasteiger partial charge is 0.480 e. The third-order valence-corrected chi connectivity index (χ3v) is 2.33. The van der Waals surface area contributed by atoms with Crippen LogP contribution in [0.15, 0.2) is 24.3 Å². The van der Waals surface area contributed by atoms with E-state index >= 15 is 0 Å². The Morgan fingerprint density at radius 1 is 1.50 bits per heavy atom. The van der Waals surface area contributed by atoms with Crippen LogP contribution < -0.4 is 10.5 Å². The molecule has 1 aromatic carbocycles. The average molecular weight is 223 g/mol. The van der Waals surface area contributed by atoms with Gasteiger partial charge in [-0.05, 0) is 19.4 Å². The maximum absolute atomic E-state index is 11.1. The second-order valence-electron chi connectivity index (χ2n) is 3.63. The lowest BCUT2D eigenvalue weighted by molar-refractivity contribution is -0.124. The summed E-state index contributed by atoms with van der Waals surface area (Å²) in [5, 5.41) is 9.53. The maximum Gasteiger partial charge on any atom is 0.258 e. The van der Waals surface area contributed by atoms with Crippen molar-refractivity contribution >= 4 is 5.91 Å². The van der Waals surface area contributed by atoms with Crippen molar-refractivity contribution in [1.29, 1.82) is 0 Å². The summed E-state index contributed by atoms with van der Waals surface area (Å²) in [7, 11) is 0.